The molecule has 0 bridgehead atoms. The molecule has 3 aromatic rings. The fourth-order valence-corrected chi connectivity index (χ4v) is 3.62. The zero-order chi connectivity index (χ0) is 23.4. The largest absolute Gasteiger partial charge is 0.516 e. The second-order valence-electron chi connectivity index (χ2n) is 6.45. The lowest BCUT2D eigenvalue weighted by Gasteiger charge is -2.16. The first-order chi connectivity index (χ1) is 15.1. The highest BCUT2D eigenvalue weighted by atomic mass is 35.5. The summed E-state index contributed by atoms with van der Waals surface area (Å²) in [5.41, 5.74) is -4.61. The number of alkyl halides is 3. The predicted molar refractivity (Wildman–Crippen MR) is 118 cm³/mol. The van der Waals surface area contributed by atoms with E-state index in [0.717, 1.165) is 6.07 Å². The zero-order valence-corrected chi connectivity index (χ0v) is 18.4. The summed E-state index contributed by atoms with van der Waals surface area (Å²) in [7, 11) is -5.67. The van der Waals surface area contributed by atoms with Crippen LogP contribution in [0.1, 0.15) is 16.7 Å². The van der Waals surface area contributed by atoms with Crippen molar-refractivity contribution in [1.82, 2.24) is 0 Å². The smallest absolute Gasteiger partial charge is 0.390 e. The minimum absolute atomic E-state index is 0.00243. The van der Waals surface area contributed by atoms with Crippen LogP contribution in [-0.2, 0) is 21.5 Å². The van der Waals surface area contributed by atoms with E-state index in [9.17, 15) is 21.6 Å². The van der Waals surface area contributed by atoms with Crippen molar-refractivity contribution in [1.29, 1.82) is 0 Å². The van der Waals surface area contributed by atoms with Gasteiger partial charge in [0.15, 0.2) is 0 Å². The van der Waals surface area contributed by atoms with Crippen LogP contribution in [0.15, 0.2) is 78.0 Å². The van der Waals surface area contributed by atoms with Crippen LogP contribution in [0.4, 0.5) is 18.9 Å². The standard InChI is InChI=1S/C21H15Cl2F3N2O3S/c22-16-8-4-5-14(11-16)13-31-27-20(15-6-2-1-3-7-15)18-12-17(23)9-10-19(18)28-32(29,30)21(24,25)26/h1-12,28H,13H2/b27-20+. The number of benzene rings is 3. The number of oxime groups is 1. The first kappa shape index (κ1) is 23.9. The molecular formula is C21H15Cl2F3N2O3S. The Labute approximate surface area is 192 Å². The third-order valence-electron chi connectivity index (χ3n) is 4.11. The van der Waals surface area contributed by atoms with Gasteiger partial charge in [-0.05, 0) is 35.9 Å². The third kappa shape index (κ3) is 5.93. The van der Waals surface area contributed by atoms with E-state index in [1.807, 2.05) is 0 Å². The van der Waals surface area contributed by atoms with Crippen LogP contribution in [0.3, 0.4) is 0 Å². The summed E-state index contributed by atoms with van der Waals surface area (Å²) in [5.74, 6) is 0. The molecule has 0 radical (unpaired) electrons. The summed E-state index contributed by atoms with van der Waals surface area (Å²) >= 11 is 12.0. The van der Waals surface area contributed by atoms with Crippen molar-refractivity contribution in [2.45, 2.75) is 12.1 Å². The predicted octanol–water partition coefficient (Wildman–Crippen LogP) is 6.22. The van der Waals surface area contributed by atoms with E-state index in [2.05, 4.69) is 5.16 Å². The molecular weight excluding hydrogens is 488 g/mol. The molecule has 0 aliphatic rings. The summed E-state index contributed by atoms with van der Waals surface area (Å²) < 4.78 is 63.8. The molecule has 0 saturated carbocycles. The van der Waals surface area contributed by atoms with Crippen molar-refractivity contribution < 1.29 is 26.4 Å². The molecule has 0 amide bonds. The van der Waals surface area contributed by atoms with Crippen molar-refractivity contribution in [3.05, 3.63) is 99.5 Å². The quantitative estimate of drug-likeness (QED) is 0.307. The molecule has 0 atom stereocenters. The number of rotatable bonds is 7. The zero-order valence-electron chi connectivity index (χ0n) is 16.1. The molecule has 5 nitrogen and oxygen atoms in total. The molecule has 0 spiro atoms. The van der Waals surface area contributed by atoms with Crippen molar-refractivity contribution in [2.24, 2.45) is 5.16 Å². The molecule has 0 saturated heterocycles. The molecule has 0 aromatic heterocycles. The van der Waals surface area contributed by atoms with Gasteiger partial charge in [0.05, 0.1) is 5.69 Å². The number of hydrogen-bond acceptors (Lipinski definition) is 4. The average molecular weight is 503 g/mol. The van der Waals surface area contributed by atoms with E-state index in [0.29, 0.717) is 16.1 Å². The van der Waals surface area contributed by atoms with Crippen molar-refractivity contribution in [3.8, 4) is 0 Å². The Hall–Kier alpha value is -2.75. The molecule has 0 heterocycles. The maximum Gasteiger partial charge on any atom is 0.516 e. The Kier molecular flexibility index (Phi) is 7.33. The van der Waals surface area contributed by atoms with Gasteiger partial charge in [0.2, 0.25) is 0 Å². The number of halogens is 5. The SMILES string of the molecule is O=S(=O)(Nc1ccc(Cl)cc1/C(=N/OCc1cccc(Cl)c1)c1ccccc1)C(F)(F)F. The minimum atomic E-state index is -5.67. The van der Waals surface area contributed by atoms with Crippen LogP contribution < -0.4 is 4.72 Å². The number of nitrogens with zero attached hydrogens (tertiary/aromatic N) is 1. The molecule has 32 heavy (non-hydrogen) atoms. The highest BCUT2D eigenvalue weighted by Crippen LogP contribution is 2.30. The molecule has 3 rings (SSSR count). The van der Waals surface area contributed by atoms with E-state index < -0.39 is 15.5 Å². The van der Waals surface area contributed by atoms with Crippen LogP contribution in [-0.4, -0.2) is 19.6 Å². The van der Waals surface area contributed by atoms with Crippen LogP contribution in [0, 0.1) is 0 Å². The van der Waals surface area contributed by atoms with Gasteiger partial charge in [-0.2, -0.15) is 21.6 Å². The van der Waals surface area contributed by atoms with Crippen LogP contribution in [0.2, 0.25) is 10.0 Å². The van der Waals surface area contributed by atoms with Gasteiger partial charge in [-0.3, -0.25) is 4.72 Å². The molecule has 168 valence electrons. The van der Waals surface area contributed by atoms with E-state index >= 15 is 0 Å². The normalized spacial score (nSPS) is 12.5. The second kappa shape index (κ2) is 9.81. The van der Waals surface area contributed by atoms with Crippen molar-refractivity contribution in [3.63, 3.8) is 0 Å². The average Bonchev–Trinajstić information content (AvgIpc) is 2.72. The highest BCUT2D eigenvalue weighted by Gasteiger charge is 2.46. The van der Waals surface area contributed by atoms with Gasteiger partial charge in [-0.25, -0.2) is 0 Å². The van der Waals surface area contributed by atoms with Crippen LogP contribution in [0.5, 0.6) is 0 Å². The fraction of sp³-hybridized carbons (Fsp3) is 0.0952. The van der Waals surface area contributed by atoms with Crippen molar-refractivity contribution >= 4 is 44.6 Å². The van der Waals surface area contributed by atoms with E-state index in [-0.39, 0.29) is 28.6 Å². The topological polar surface area (TPSA) is 67.8 Å². The summed E-state index contributed by atoms with van der Waals surface area (Å²) in [4.78, 5) is 5.42. The fourth-order valence-electron chi connectivity index (χ4n) is 2.66. The number of nitrogens with one attached hydrogen (secondary N) is 1. The van der Waals surface area contributed by atoms with Gasteiger partial charge >= 0.3 is 15.5 Å². The van der Waals surface area contributed by atoms with E-state index in [4.69, 9.17) is 28.0 Å². The van der Waals surface area contributed by atoms with Gasteiger partial charge in [0, 0.05) is 21.2 Å². The Morgan fingerprint density at radius 2 is 1.62 bits per heavy atom. The molecule has 0 aliphatic heterocycles. The lowest BCUT2D eigenvalue weighted by atomic mass is 10.0. The monoisotopic (exact) mass is 502 g/mol. The van der Waals surface area contributed by atoms with Gasteiger partial charge in [0.25, 0.3) is 0 Å². The molecule has 11 heteroatoms. The van der Waals surface area contributed by atoms with Gasteiger partial charge in [-0.15, -0.1) is 0 Å². The second-order valence-corrected chi connectivity index (χ2v) is 9.00. The summed E-state index contributed by atoms with van der Waals surface area (Å²) in [6.07, 6.45) is 0. The lowest BCUT2D eigenvalue weighted by Crippen LogP contribution is -2.30. The van der Waals surface area contributed by atoms with Gasteiger partial charge < -0.3 is 4.84 Å². The van der Waals surface area contributed by atoms with E-state index in [1.165, 1.54) is 12.1 Å². The summed E-state index contributed by atoms with van der Waals surface area (Å²) in [6.45, 7) is 0.0150. The maximum absolute atomic E-state index is 12.9. The Morgan fingerprint density at radius 1 is 0.938 bits per heavy atom. The van der Waals surface area contributed by atoms with Crippen molar-refractivity contribution in [2.75, 3.05) is 4.72 Å². The first-order valence-corrected chi connectivity index (χ1v) is 11.2. The molecule has 0 fully saturated rings. The third-order valence-corrected chi connectivity index (χ3v) is 5.68. The van der Waals surface area contributed by atoms with Crippen LogP contribution in [0.25, 0.3) is 0 Å². The van der Waals surface area contributed by atoms with Crippen LogP contribution >= 0.6 is 23.2 Å². The van der Waals surface area contributed by atoms with E-state index in [1.54, 1.807) is 59.3 Å². The molecule has 0 unspecified atom stereocenters. The summed E-state index contributed by atoms with van der Waals surface area (Å²) in [6, 6.07) is 18.9. The summed E-state index contributed by atoms with van der Waals surface area (Å²) in [5, 5.41) is 4.74. The minimum Gasteiger partial charge on any atom is -0.390 e. The Bertz CT molecular complexity index is 1230. The number of sulfonamides is 1. The van der Waals surface area contributed by atoms with Gasteiger partial charge in [0.1, 0.15) is 12.3 Å². The maximum atomic E-state index is 12.9. The van der Waals surface area contributed by atoms with Gasteiger partial charge in [-0.1, -0.05) is 70.8 Å². The molecule has 1 N–H and O–H groups in total. The Morgan fingerprint density at radius 3 is 2.28 bits per heavy atom. The molecule has 3 aromatic carbocycles. The molecule has 0 aliphatic carbocycles. The number of hydrogen-bond donors (Lipinski definition) is 1. The number of anilines is 1. The Balaban J connectivity index is 2.04. The first-order valence-electron chi connectivity index (χ1n) is 8.95. The highest BCUT2D eigenvalue weighted by molar-refractivity contribution is 7.93. The lowest BCUT2D eigenvalue weighted by molar-refractivity contribution is -0.0429.